The molecule has 2 aromatic rings. The second-order valence-corrected chi connectivity index (χ2v) is 4.41. The Morgan fingerprint density at radius 1 is 1.12 bits per heavy atom. The highest BCUT2D eigenvalue weighted by Gasteiger charge is 2.10. The van der Waals surface area contributed by atoms with Gasteiger partial charge in [-0.15, -0.1) is 12.6 Å². The van der Waals surface area contributed by atoms with E-state index in [0.29, 0.717) is 15.5 Å². The Morgan fingerprint density at radius 3 is 2.53 bits per heavy atom. The SMILES string of the molecule is O=C(Nc1ccccc1)c1cc(S)ccc1Cl. The Morgan fingerprint density at radius 2 is 1.82 bits per heavy atom. The molecular formula is C13H10ClNOS. The minimum atomic E-state index is -0.239. The van der Waals surface area contributed by atoms with Crippen molar-refractivity contribution >= 4 is 35.8 Å². The van der Waals surface area contributed by atoms with Gasteiger partial charge >= 0.3 is 0 Å². The fraction of sp³-hybridized carbons (Fsp3) is 0. The molecule has 0 saturated heterocycles. The van der Waals surface area contributed by atoms with Crippen molar-refractivity contribution in [3.05, 3.63) is 59.1 Å². The van der Waals surface area contributed by atoms with Crippen LogP contribution in [0.1, 0.15) is 10.4 Å². The van der Waals surface area contributed by atoms with Gasteiger partial charge in [-0.3, -0.25) is 4.79 Å². The van der Waals surface area contributed by atoms with Crippen LogP contribution in [0.25, 0.3) is 0 Å². The highest BCUT2D eigenvalue weighted by atomic mass is 35.5. The number of anilines is 1. The smallest absolute Gasteiger partial charge is 0.257 e. The van der Waals surface area contributed by atoms with Crippen molar-refractivity contribution in [2.75, 3.05) is 5.32 Å². The monoisotopic (exact) mass is 263 g/mol. The van der Waals surface area contributed by atoms with Gasteiger partial charge in [-0.05, 0) is 30.3 Å². The summed E-state index contributed by atoms with van der Waals surface area (Å²) in [4.78, 5) is 12.7. The summed E-state index contributed by atoms with van der Waals surface area (Å²) in [6.07, 6.45) is 0. The molecule has 2 nitrogen and oxygen atoms in total. The lowest BCUT2D eigenvalue weighted by Crippen LogP contribution is -2.12. The highest BCUT2D eigenvalue weighted by molar-refractivity contribution is 7.80. The molecule has 1 amide bonds. The van der Waals surface area contributed by atoms with Gasteiger partial charge in [-0.2, -0.15) is 0 Å². The summed E-state index contributed by atoms with van der Waals surface area (Å²) in [5.74, 6) is -0.239. The zero-order valence-corrected chi connectivity index (χ0v) is 10.5. The molecule has 0 aromatic heterocycles. The summed E-state index contributed by atoms with van der Waals surface area (Å²) in [5.41, 5.74) is 1.15. The maximum atomic E-state index is 12.0. The minimum absolute atomic E-state index is 0.239. The maximum absolute atomic E-state index is 12.0. The number of para-hydroxylation sites is 1. The molecule has 4 heteroatoms. The molecule has 1 N–H and O–H groups in total. The van der Waals surface area contributed by atoms with E-state index in [1.54, 1.807) is 18.2 Å². The van der Waals surface area contributed by atoms with E-state index in [4.69, 9.17) is 11.6 Å². The van der Waals surface area contributed by atoms with Crippen LogP contribution in [0.4, 0.5) is 5.69 Å². The molecule has 0 bridgehead atoms. The third-order valence-electron chi connectivity index (χ3n) is 2.23. The van der Waals surface area contributed by atoms with Gasteiger partial charge in [0.15, 0.2) is 0 Å². The fourth-order valence-corrected chi connectivity index (χ4v) is 1.81. The standard InChI is InChI=1S/C13H10ClNOS/c14-12-7-6-10(17)8-11(12)13(16)15-9-4-2-1-3-5-9/h1-8,17H,(H,15,16). The first kappa shape index (κ1) is 12.0. The average molecular weight is 264 g/mol. The van der Waals surface area contributed by atoms with Crippen molar-refractivity contribution in [1.82, 2.24) is 0 Å². The van der Waals surface area contributed by atoms with Crippen LogP contribution >= 0.6 is 24.2 Å². The Balaban J connectivity index is 2.23. The lowest BCUT2D eigenvalue weighted by atomic mass is 10.2. The van der Waals surface area contributed by atoms with Crippen molar-refractivity contribution < 1.29 is 4.79 Å². The predicted molar refractivity (Wildman–Crippen MR) is 73.1 cm³/mol. The van der Waals surface area contributed by atoms with Gasteiger partial charge in [0.25, 0.3) is 5.91 Å². The molecule has 0 aliphatic carbocycles. The van der Waals surface area contributed by atoms with Gasteiger partial charge in [0.1, 0.15) is 0 Å². The number of benzene rings is 2. The Kier molecular flexibility index (Phi) is 3.71. The molecular weight excluding hydrogens is 254 g/mol. The summed E-state index contributed by atoms with van der Waals surface area (Å²) in [5, 5.41) is 3.18. The first-order valence-corrected chi connectivity index (χ1v) is 5.84. The number of carbonyl (C=O) groups excluding carboxylic acids is 1. The maximum Gasteiger partial charge on any atom is 0.257 e. The number of rotatable bonds is 2. The first-order chi connectivity index (χ1) is 8.16. The molecule has 0 aliphatic rings. The van der Waals surface area contributed by atoms with Gasteiger partial charge in [-0.25, -0.2) is 0 Å². The fourth-order valence-electron chi connectivity index (χ4n) is 1.41. The lowest BCUT2D eigenvalue weighted by molar-refractivity contribution is 0.102. The number of halogens is 1. The second-order valence-electron chi connectivity index (χ2n) is 3.48. The molecule has 0 heterocycles. The van der Waals surface area contributed by atoms with E-state index in [0.717, 1.165) is 5.69 Å². The third-order valence-corrected chi connectivity index (χ3v) is 2.83. The quantitative estimate of drug-likeness (QED) is 0.791. The number of hydrogen-bond acceptors (Lipinski definition) is 2. The zero-order chi connectivity index (χ0) is 12.3. The summed E-state index contributed by atoms with van der Waals surface area (Å²) in [6.45, 7) is 0. The van der Waals surface area contributed by atoms with Gasteiger partial charge in [0, 0.05) is 10.6 Å². The summed E-state index contributed by atoms with van der Waals surface area (Å²) in [6, 6.07) is 14.3. The van der Waals surface area contributed by atoms with Crippen LogP contribution in [0.5, 0.6) is 0 Å². The van der Waals surface area contributed by atoms with Crippen molar-refractivity contribution in [3.8, 4) is 0 Å². The number of hydrogen-bond donors (Lipinski definition) is 2. The van der Waals surface area contributed by atoms with Crippen LogP contribution in [0.3, 0.4) is 0 Å². The molecule has 86 valence electrons. The topological polar surface area (TPSA) is 29.1 Å². The molecule has 0 atom stereocenters. The Labute approximate surface area is 110 Å². The molecule has 0 spiro atoms. The van der Waals surface area contributed by atoms with E-state index in [1.807, 2.05) is 30.3 Å². The number of amides is 1. The van der Waals surface area contributed by atoms with Gasteiger partial charge < -0.3 is 5.32 Å². The third kappa shape index (κ3) is 3.02. The molecule has 2 rings (SSSR count). The van der Waals surface area contributed by atoms with E-state index in [9.17, 15) is 4.79 Å². The van der Waals surface area contributed by atoms with E-state index in [2.05, 4.69) is 17.9 Å². The Bertz CT molecular complexity index is 542. The predicted octanol–water partition coefficient (Wildman–Crippen LogP) is 3.88. The summed E-state index contributed by atoms with van der Waals surface area (Å²) in [7, 11) is 0. The van der Waals surface area contributed by atoms with Crippen LogP contribution < -0.4 is 5.32 Å². The Hall–Kier alpha value is -1.45. The van der Waals surface area contributed by atoms with Gasteiger partial charge in [0.2, 0.25) is 0 Å². The first-order valence-electron chi connectivity index (χ1n) is 5.02. The number of nitrogens with one attached hydrogen (secondary N) is 1. The van der Waals surface area contributed by atoms with Crippen LogP contribution in [-0.4, -0.2) is 5.91 Å². The van der Waals surface area contributed by atoms with Crippen LogP contribution in [0.2, 0.25) is 5.02 Å². The van der Waals surface area contributed by atoms with Crippen LogP contribution in [0.15, 0.2) is 53.4 Å². The highest BCUT2D eigenvalue weighted by Crippen LogP contribution is 2.20. The van der Waals surface area contributed by atoms with Crippen molar-refractivity contribution in [3.63, 3.8) is 0 Å². The molecule has 0 fully saturated rings. The normalized spacial score (nSPS) is 10.0. The van der Waals surface area contributed by atoms with Gasteiger partial charge in [-0.1, -0.05) is 29.8 Å². The van der Waals surface area contributed by atoms with E-state index >= 15 is 0 Å². The zero-order valence-electron chi connectivity index (χ0n) is 8.85. The minimum Gasteiger partial charge on any atom is -0.322 e. The largest absolute Gasteiger partial charge is 0.322 e. The molecule has 0 radical (unpaired) electrons. The van der Waals surface area contributed by atoms with Crippen molar-refractivity contribution in [1.29, 1.82) is 0 Å². The van der Waals surface area contributed by atoms with Crippen LogP contribution in [-0.2, 0) is 0 Å². The number of carbonyl (C=O) groups is 1. The average Bonchev–Trinajstić information content (AvgIpc) is 2.33. The van der Waals surface area contributed by atoms with E-state index in [-0.39, 0.29) is 5.91 Å². The van der Waals surface area contributed by atoms with Crippen molar-refractivity contribution in [2.24, 2.45) is 0 Å². The lowest BCUT2D eigenvalue weighted by Gasteiger charge is -2.07. The molecule has 0 saturated carbocycles. The molecule has 17 heavy (non-hydrogen) atoms. The van der Waals surface area contributed by atoms with Crippen LogP contribution in [0, 0.1) is 0 Å². The molecule has 0 aliphatic heterocycles. The van der Waals surface area contributed by atoms with Gasteiger partial charge in [0.05, 0.1) is 10.6 Å². The van der Waals surface area contributed by atoms with Crippen molar-refractivity contribution in [2.45, 2.75) is 4.90 Å². The molecule has 0 unspecified atom stereocenters. The summed E-state index contributed by atoms with van der Waals surface area (Å²) < 4.78 is 0. The van der Waals surface area contributed by atoms with E-state index < -0.39 is 0 Å². The number of thiol groups is 1. The molecule has 2 aromatic carbocycles. The summed E-state index contributed by atoms with van der Waals surface area (Å²) >= 11 is 10.1. The second kappa shape index (κ2) is 5.25. The van der Waals surface area contributed by atoms with E-state index in [1.165, 1.54) is 0 Å².